The Bertz CT molecular complexity index is 565. The van der Waals surface area contributed by atoms with Crippen LogP contribution in [0.4, 0.5) is 0 Å². The standard InChI is InChI=1S/C15H16N2O2/c1-2-3-11-4-6-12(7-5-11)13-8-9-16-14(17-13)10-15(18)19/h4-9H,2-3,10H2,1H3,(H,18,19). The number of carbonyl (C=O) groups is 1. The summed E-state index contributed by atoms with van der Waals surface area (Å²) in [5, 5.41) is 8.74. The molecule has 1 N–H and O–H groups in total. The minimum absolute atomic E-state index is 0.151. The van der Waals surface area contributed by atoms with Gasteiger partial charge in [0.15, 0.2) is 0 Å². The Hall–Kier alpha value is -2.23. The van der Waals surface area contributed by atoms with Gasteiger partial charge in [-0.3, -0.25) is 4.79 Å². The summed E-state index contributed by atoms with van der Waals surface area (Å²) in [4.78, 5) is 18.9. The van der Waals surface area contributed by atoms with Gasteiger partial charge in [-0.05, 0) is 18.1 Å². The molecule has 0 atom stereocenters. The van der Waals surface area contributed by atoms with Gasteiger partial charge >= 0.3 is 5.97 Å². The van der Waals surface area contributed by atoms with Gasteiger partial charge in [-0.15, -0.1) is 0 Å². The normalized spacial score (nSPS) is 10.4. The second-order valence-electron chi connectivity index (χ2n) is 4.38. The van der Waals surface area contributed by atoms with Gasteiger partial charge in [-0.25, -0.2) is 9.97 Å². The number of hydrogen-bond donors (Lipinski definition) is 1. The fourth-order valence-electron chi connectivity index (χ4n) is 1.91. The lowest BCUT2D eigenvalue weighted by Crippen LogP contribution is -2.05. The summed E-state index contributed by atoms with van der Waals surface area (Å²) >= 11 is 0. The van der Waals surface area contributed by atoms with E-state index in [0.717, 1.165) is 24.1 Å². The molecule has 0 aliphatic rings. The monoisotopic (exact) mass is 256 g/mol. The van der Waals surface area contributed by atoms with Crippen molar-refractivity contribution < 1.29 is 9.90 Å². The molecule has 0 fully saturated rings. The van der Waals surface area contributed by atoms with E-state index in [9.17, 15) is 4.79 Å². The highest BCUT2D eigenvalue weighted by Gasteiger charge is 2.06. The van der Waals surface area contributed by atoms with Crippen LogP contribution in [0.1, 0.15) is 24.7 Å². The lowest BCUT2D eigenvalue weighted by Gasteiger charge is -2.04. The van der Waals surface area contributed by atoms with Crippen molar-refractivity contribution in [2.24, 2.45) is 0 Å². The maximum atomic E-state index is 10.7. The summed E-state index contributed by atoms with van der Waals surface area (Å²) in [6.45, 7) is 2.15. The number of aromatic nitrogens is 2. The SMILES string of the molecule is CCCc1ccc(-c2ccnc(CC(=O)O)n2)cc1. The van der Waals surface area contributed by atoms with Crippen molar-refractivity contribution in [3.05, 3.63) is 47.9 Å². The molecule has 0 bridgehead atoms. The van der Waals surface area contributed by atoms with Crippen LogP contribution in [0, 0.1) is 0 Å². The number of carboxylic acid groups (broad SMARTS) is 1. The van der Waals surface area contributed by atoms with E-state index in [-0.39, 0.29) is 6.42 Å². The minimum atomic E-state index is -0.921. The maximum absolute atomic E-state index is 10.7. The molecule has 0 aliphatic heterocycles. The molecule has 0 saturated heterocycles. The Kier molecular flexibility index (Phi) is 4.23. The van der Waals surface area contributed by atoms with Crippen LogP contribution in [0.15, 0.2) is 36.5 Å². The zero-order chi connectivity index (χ0) is 13.7. The fourth-order valence-corrected chi connectivity index (χ4v) is 1.91. The van der Waals surface area contributed by atoms with E-state index in [2.05, 4.69) is 29.0 Å². The van der Waals surface area contributed by atoms with Gasteiger partial charge in [-0.2, -0.15) is 0 Å². The summed E-state index contributed by atoms with van der Waals surface area (Å²) in [6, 6.07) is 9.98. The molecule has 0 radical (unpaired) electrons. The van der Waals surface area contributed by atoms with Crippen molar-refractivity contribution in [2.45, 2.75) is 26.2 Å². The summed E-state index contributed by atoms with van der Waals surface area (Å²) in [7, 11) is 0. The molecular formula is C15H16N2O2. The molecule has 2 aromatic rings. The molecule has 0 aliphatic carbocycles. The van der Waals surface area contributed by atoms with Crippen LogP contribution in [0.3, 0.4) is 0 Å². The number of hydrogen-bond acceptors (Lipinski definition) is 3. The summed E-state index contributed by atoms with van der Waals surface area (Å²) < 4.78 is 0. The number of rotatable bonds is 5. The van der Waals surface area contributed by atoms with Gasteiger partial charge in [0, 0.05) is 11.8 Å². The first-order valence-electron chi connectivity index (χ1n) is 6.32. The van der Waals surface area contributed by atoms with E-state index in [1.807, 2.05) is 12.1 Å². The van der Waals surface area contributed by atoms with Crippen LogP contribution in [0.2, 0.25) is 0 Å². The number of benzene rings is 1. The van der Waals surface area contributed by atoms with E-state index in [1.54, 1.807) is 12.3 Å². The molecule has 0 unspecified atom stereocenters. The van der Waals surface area contributed by atoms with Crippen LogP contribution in [0.5, 0.6) is 0 Å². The van der Waals surface area contributed by atoms with Crippen LogP contribution in [-0.2, 0) is 17.6 Å². The molecule has 0 spiro atoms. The molecule has 2 rings (SSSR count). The third-order valence-electron chi connectivity index (χ3n) is 2.80. The lowest BCUT2D eigenvalue weighted by atomic mass is 10.1. The zero-order valence-corrected chi connectivity index (χ0v) is 10.8. The first-order chi connectivity index (χ1) is 9.19. The van der Waals surface area contributed by atoms with E-state index >= 15 is 0 Å². The van der Waals surface area contributed by atoms with Crippen molar-refractivity contribution in [1.29, 1.82) is 0 Å². The van der Waals surface area contributed by atoms with Crippen LogP contribution < -0.4 is 0 Å². The Morgan fingerprint density at radius 1 is 1.21 bits per heavy atom. The highest BCUT2D eigenvalue weighted by molar-refractivity contribution is 5.69. The van der Waals surface area contributed by atoms with Crippen molar-refractivity contribution >= 4 is 5.97 Å². The van der Waals surface area contributed by atoms with Crippen molar-refractivity contribution in [1.82, 2.24) is 9.97 Å². The first-order valence-corrected chi connectivity index (χ1v) is 6.32. The Labute approximate surface area is 112 Å². The predicted octanol–water partition coefficient (Wildman–Crippen LogP) is 2.72. The second kappa shape index (κ2) is 6.09. The molecule has 0 amide bonds. The van der Waals surface area contributed by atoms with Gasteiger partial charge in [-0.1, -0.05) is 37.6 Å². The number of nitrogens with zero attached hydrogens (tertiary/aromatic N) is 2. The van der Waals surface area contributed by atoms with Crippen molar-refractivity contribution in [2.75, 3.05) is 0 Å². The van der Waals surface area contributed by atoms with Crippen LogP contribution in [0.25, 0.3) is 11.3 Å². The largest absolute Gasteiger partial charge is 0.481 e. The van der Waals surface area contributed by atoms with E-state index in [1.165, 1.54) is 5.56 Å². The quantitative estimate of drug-likeness (QED) is 0.893. The maximum Gasteiger partial charge on any atom is 0.311 e. The molecule has 1 aromatic carbocycles. The summed E-state index contributed by atoms with van der Waals surface area (Å²) in [5.74, 6) is -0.585. The van der Waals surface area contributed by atoms with Crippen molar-refractivity contribution in [3.8, 4) is 11.3 Å². The van der Waals surface area contributed by atoms with E-state index < -0.39 is 5.97 Å². The molecule has 19 heavy (non-hydrogen) atoms. The molecule has 4 nitrogen and oxygen atoms in total. The van der Waals surface area contributed by atoms with Gasteiger partial charge in [0.25, 0.3) is 0 Å². The summed E-state index contributed by atoms with van der Waals surface area (Å²) in [5.41, 5.74) is 3.04. The number of aliphatic carboxylic acids is 1. The molecule has 1 aromatic heterocycles. The van der Waals surface area contributed by atoms with Gasteiger partial charge in [0.05, 0.1) is 5.69 Å². The Morgan fingerprint density at radius 2 is 1.95 bits per heavy atom. The van der Waals surface area contributed by atoms with Crippen molar-refractivity contribution in [3.63, 3.8) is 0 Å². The number of aryl methyl sites for hydroxylation is 1. The molecule has 98 valence electrons. The zero-order valence-electron chi connectivity index (χ0n) is 10.8. The lowest BCUT2D eigenvalue weighted by molar-refractivity contribution is -0.136. The first kappa shape index (κ1) is 13.2. The Morgan fingerprint density at radius 3 is 2.58 bits per heavy atom. The average Bonchev–Trinajstić information content (AvgIpc) is 2.39. The highest BCUT2D eigenvalue weighted by atomic mass is 16.4. The predicted molar refractivity (Wildman–Crippen MR) is 72.8 cm³/mol. The molecule has 4 heteroatoms. The van der Waals surface area contributed by atoms with Crippen LogP contribution in [-0.4, -0.2) is 21.0 Å². The summed E-state index contributed by atoms with van der Waals surface area (Å²) in [6.07, 6.45) is 3.63. The molecule has 1 heterocycles. The average molecular weight is 256 g/mol. The number of carboxylic acids is 1. The van der Waals surface area contributed by atoms with Gasteiger partial charge < -0.3 is 5.11 Å². The second-order valence-corrected chi connectivity index (χ2v) is 4.38. The smallest absolute Gasteiger partial charge is 0.311 e. The third-order valence-corrected chi connectivity index (χ3v) is 2.80. The highest BCUT2D eigenvalue weighted by Crippen LogP contribution is 2.18. The topological polar surface area (TPSA) is 63.1 Å². The third kappa shape index (κ3) is 3.61. The van der Waals surface area contributed by atoms with Gasteiger partial charge in [0.1, 0.15) is 12.2 Å². The molecular weight excluding hydrogens is 240 g/mol. The van der Waals surface area contributed by atoms with Crippen LogP contribution >= 0.6 is 0 Å². The van der Waals surface area contributed by atoms with Gasteiger partial charge in [0.2, 0.25) is 0 Å². The Balaban J connectivity index is 2.23. The minimum Gasteiger partial charge on any atom is -0.481 e. The fraction of sp³-hybridized carbons (Fsp3) is 0.267. The van der Waals surface area contributed by atoms with E-state index in [4.69, 9.17) is 5.11 Å². The molecule has 0 saturated carbocycles. The van der Waals surface area contributed by atoms with E-state index in [0.29, 0.717) is 5.82 Å².